The maximum Gasteiger partial charge on any atom is 0.328 e. The number of carbonyl (C=O) groups excluding carboxylic acids is 2. The van der Waals surface area contributed by atoms with E-state index in [0.29, 0.717) is 25.1 Å². The average molecular weight is 254 g/mol. The zero-order chi connectivity index (χ0) is 13.5. The Morgan fingerprint density at radius 3 is 2.44 bits per heavy atom. The molecule has 1 fully saturated rings. The van der Waals surface area contributed by atoms with Crippen LogP contribution in [0.5, 0.6) is 0 Å². The molecule has 0 aliphatic heterocycles. The van der Waals surface area contributed by atoms with E-state index < -0.39 is 17.9 Å². The quantitative estimate of drug-likeness (QED) is 0.716. The van der Waals surface area contributed by atoms with Gasteiger partial charge in [0.05, 0.1) is 0 Å². The van der Waals surface area contributed by atoms with E-state index in [1.807, 2.05) is 6.92 Å². The minimum Gasteiger partial charge on any atom is -0.478 e. The van der Waals surface area contributed by atoms with Gasteiger partial charge in [-0.15, -0.1) is 0 Å². The van der Waals surface area contributed by atoms with Gasteiger partial charge < -0.3 is 10.0 Å². The highest BCUT2D eigenvalue weighted by molar-refractivity contribution is 6.02. The molecule has 3 amide bonds. The Morgan fingerprint density at radius 2 is 2.00 bits per heavy atom. The van der Waals surface area contributed by atoms with Gasteiger partial charge in [0.15, 0.2) is 0 Å². The molecule has 6 heteroatoms. The Kier molecular flexibility index (Phi) is 5.35. The lowest BCUT2D eigenvalue weighted by Gasteiger charge is -2.31. The number of carboxylic acid groups (broad SMARTS) is 1. The monoisotopic (exact) mass is 254 g/mol. The molecule has 0 unspecified atom stereocenters. The second kappa shape index (κ2) is 6.78. The summed E-state index contributed by atoms with van der Waals surface area (Å²) in [4.78, 5) is 34.7. The minimum absolute atomic E-state index is 0.468. The number of carboxylic acids is 1. The molecule has 0 aromatic carbocycles. The van der Waals surface area contributed by atoms with Gasteiger partial charge in [0, 0.05) is 25.2 Å². The molecule has 0 aromatic rings. The van der Waals surface area contributed by atoms with Crippen LogP contribution in [0.4, 0.5) is 4.79 Å². The first-order valence-corrected chi connectivity index (χ1v) is 6.03. The Balaban J connectivity index is 2.40. The maximum absolute atomic E-state index is 11.7. The van der Waals surface area contributed by atoms with Crippen molar-refractivity contribution in [2.45, 2.75) is 26.2 Å². The van der Waals surface area contributed by atoms with Gasteiger partial charge in [-0.3, -0.25) is 10.1 Å². The Hall–Kier alpha value is -1.85. The average Bonchev–Trinajstić information content (AvgIpc) is 2.25. The highest BCUT2D eigenvalue weighted by atomic mass is 16.4. The van der Waals surface area contributed by atoms with Gasteiger partial charge in [-0.2, -0.15) is 0 Å². The van der Waals surface area contributed by atoms with Crippen molar-refractivity contribution in [3.05, 3.63) is 12.2 Å². The summed E-state index contributed by atoms with van der Waals surface area (Å²) in [7, 11) is 0. The molecule has 0 spiro atoms. The van der Waals surface area contributed by atoms with Crippen molar-refractivity contribution in [2.75, 3.05) is 13.1 Å². The number of carbonyl (C=O) groups is 3. The van der Waals surface area contributed by atoms with E-state index in [-0.39, 0.29) is 0 Å². The molecule has 0 aromatic heterocycles. The number of rotatable bonds is 5. The van der Waals surface area contributed by atoms with Gasteiger partial charge in [-0.1, -0.05) is 6.42 Å². The predicted molar refractivity (Wildman–Crippen MR) is 64.9 cm³/mol. The van der Waals surface area contributed by atoms with E-state index >= 15 is 0 Å². The Morgan fingerprint density at radius 1 is 1.33 bits per heavy atom. The predicted octanol–water partition coefficient (Wildman–Crippen LogP) is 0.985. The summed E-state index contributed by atoms with van der Waals surface area (Å²) in [5.41, 5.74) is 0. The number of nitrogens with one attached hydrogen (secondary N) is 1. The van der Waals surface area contributed by atoms with Crippen LogP contribution in [0.3, 0.4) is 0 Å². The zero-order valence-corrected chi connectivity index (χ0v) is 10.4. The highest BCUT2D eigenvalue weighted by Crippen LogP contribution is 2.26. The van der Waals surface area contributed by atoms with Gasteiger partial charge in [-0.05, 0) is 25.7 Å². The lowest BCUT2D eigenvalue weighted by atomic mass is 9.85. The lowest BCUT2D eigenvalue weighted by molar-refractivity contribution is -0.131. The number of aliphatic carboxylic acids is 1. The van der Waals surface area contributed by atoms with E-state index in [0.717, 1.165) is 18.9 Å². The van der Waals surface area contributed by atoms with Crippen molar-refractivity contribution in [3.8, 4) is 0 Å². The van der Waals surface area contributed by atoms with Gasteiger partial charge in [0.1, 0.15) is 0 Å². The molecular weight excluding hydrogens is 236 g/mol. The summed E-state index contributed by atoms with van der Waals surface area (Å²) in [6.07, 6.45) is 4.97. The van der Waals surface area contributed by atoms with Crippen LogP contribution in [0.15, 0.2) is 12.2 Å². The summed E-state index contributed by atoms with van der Waals surface area (Å²) >= 11 is 0. The van der Waals surface area contributed by atoms with E-state index in [4.69, 9.17) is 5.11 Å². The van der Waals surface area contributed by atoms with Crippen LogP contribution < -0.4 is 5.32 Å². The first-order chi connectivity index (χ1) is 8.52. The SMILES string of the molecule is CCN(CC1CCC1)C(=O)NC(=O)/C=C/C(=O)O. The van der Waals surface area contributed by atoms with Crippen LogP contribution in [0.2, 0.25) is 0 Å². The number of urea groups is 1. The molecule has 0 bridgehead atoms. The van der Waals surface area contributed by atoms with Crippen LogP contribution in [0.25, 0.3) is 0 Å². The normalized spacial score (nSPS) is 15.2. The summed E-state index contributed by atoms with van der Waals surface area (Å²) in [6, 6.07) is -0.468. The van der Waals surface area contributed by atoms with Crippen molar-refractivity contribution < 1.29 is 19.5 Å². The number of amides is 3. The minimum atomic E-state index is -1.22. The molecule has 6 nitrogen and oxygen atoms in total. The van der Waals surface area contributed by atoms with Gasteiger partial charge in [-0.25, -0.2) is 9.59 Å². The molecule has 1 aliphatic carbocycles. The highest BCUT2D eigenvalue weighted by Gasteiger charge is 2.23. The number of nitrogens with zero attached hydrogens (tertiary/aromatic N) is 1. The summed E-state index contributed by atoms with van der Waals surface area (Å²) in [5.74, 6) is -1.41. The van der Waals surface area contributed by atoms with Gasteiger partial charge in [0.2, 0.25) is 0 Å². The molecule has 2 N–H and O–H groups in total. The van der Waals surface area contributed by atoms with Crippen LogP contribution >= 0.6 is 0 Å². The third-order valence-electron chi connectivity index (χ3n) is 2.98. The maximum atomic E-state index is 11.7. The fourth-order valence-electron chi connectivity index (χ4n) is 1.72. The molecule has 0 radical (unpaired) electrons. The van der Waals surface area contributed by atoms with Crippen molar-refractivity contribution in [2.24, 2.45) is 5.92 Å². The van der Waals surface area contributed by atoms with Crippen LogP contribution in [-0.4, -0.2) is 41.0 Å². The van der Waals surface area contributed by atoms with E-state index in [1.54, 1.807) is 4.90 Å². The van der Waals surface area contributed by atoms with E-state index in [9.17, 15) is 14.4 Å². The first-order valence-electron chi connectivity index (χ1n) is 6.03. The van der Waals surface area contributed by atoms with Gasteiger partial charge >= 0.3 is 12.0 Å². The largest absolute Gasteiger partial charge is 0.478 e. The number of hydrogen-bond donors (Lipinski definition) is 2. The van der Waals surface area contributed by atoms with Crippen LogP contribution in [-0.2, 0) is 9.59 Å². The summed E-state index contributed by atoms with van der Waals surface area (Å²) < 4.78 is 0. The molecular formula is C12H18N2O4. The number of imide groups is 1. The molecule has 1 rings (SSSR count). The molecule has 18 heavy (non-hydrogen) atoms. The first kappa shape index (κ1) is 14.2. The second-order valence-corrected chi connectivity index (χ2v) is 4.30. The summed E-state index contributed by atoms with van der Waals surface area (Å²) in [5, 5.41) is 10.5. The van der Waals surface area contributed by atoms with Gasteiger partial charge in [0.25, 0.3) is 5.91 Å². The molecule has 100 valence electrons. The molecule has 0 saturated heterocycles. The number of hydrogen-bond acceptors (Lipinski definition) is 3. The van der Waals surface area contributed by atoms with Crippen molar-refractivity contribution >= 4 is 17.9 Å². The second-order valence-electron chi connectivity index (χ2n) is 4.30. The Bertz CT molecular complexity index is 361. The van der Waals surface area contributed by atoms with E-state index in [1.165, 1.54) is 6.42 Å². The summed E-state index contributed by atoms with van der Waals surface area (Å²) in [6.45, 7) is 3.02. The molecule has 1 aliphatic rings. The fourth-order valence-corrected chi connectivity index (χ4v) is 1.72. The topological polar surface area (TPSA) is 86.7 Å². The van der Waals surface area contributed by atoms with Crippen molar-refractivity contribution in [1.29, 1.82) is 0 Å². The third kappa shape index (κ3) is 4.57. The fraction of sp³-hybridized carbons (Fsp3) is 0.583. The molecule has 0 atom stereocenters. The van der Waals surface area contributed by atoms with Crippen LogP contribution in [0, 0.1) is 5.92 Å². The van der Waals surface area contributed by atoms with Crippen molar-refractivity contribution in [1.82, 2.24) is 10.2 Å². The third-order valence-corrected chi connectivity index (χ3v) is 2.98. The lowest BCUT2D eigenvalue weighted by Crippen LogP contribution is -2.45. The molecule has 1 saturated carbocycles. The standard InChI is InChI=1S/C12H18N2O4/c1-2-14(8-9-4-3-5-9)12(18)13-10(15)6-7-11(16)17/h6-7,9H,2-5,8H2,1H3,(H,16,17)(H,13,15,18)/b7-6+. The zero-order valence-electron chi connectivity index (χ0n) is 10.4. The van der Waals surface area contributed by atoms with Crippen molar-refractivity contribution in [3.63, 3.8) is 0 Å². The Labute approximate surface area is 106 Å². The molecule has 0 heterocycles. The smallest absolute Gasteiger partial charge is 0.328 e. The van der Waals surface area contributed by atoms with E-state index in [2.05, 4.69) is 5.32 Å². The van der Waals surface area contributed by atoms with Crippen LogP contribution in [0.1, 0.15) is 26.2 Å².